The van der Waals surface area contributed by atoms with Crippen molar-refractivity contribution in [2.24, 2.45) is 0 Å². The summed E-state index contributed by atoms with van der Waals surface area (Å²) in [5.41, 5.74) is 9.79. The highest BCUT2D eigenvalue weighted by Crippen LogP contribution is 2.26. The summed E-state index contributed by atoms with van der Waals surface area (Å²) >= 11 is 0. The topological polar surface area (TPSA) is 44.5 Å². The lowest BCUT2D eigenvalue weighted by atomic mass is 10.1. The fourth-order valence-corrected chi connectivity index (χ4v) is 2.23. The monoisotopic (exact) mass is 283 g/mol. The Bertz CT molecular complexity index is 635. The molecule has 0 spiro atoms. The number of hydrogen-bond acceptors (Lipinski definition) is 3. The van der Waals surface area contributed by atoms with E-state index in [4.69, 9.17) is 15.2 Å². The van der Waals surface area contributed by atoms with Gasteiger partial charge in [-0.2, -0.15) is 0 Å². The highest BCUT2D eigenvalue weighted by molar-refractivity contribution is 5.48. The van der Waals surface area contributed by atoms with Gasteiger partial charge in [-0.1, -0.05) is 17.7 Å². The minimum atomic E-state index is 0.457. The summed E-state index contributed by atoms with van der Waals surface area (Å²) in [7, 11) is 1.67. The van der Waals surface area contributed by atoms with Crippen molar-refractivity contribution in [1.29, 1.82) is 0 Å². The van der Waals surface area contributed by atoms with Gasteiger partial charge in [0.1, 0.15) is 18.1 Å². The Hall–Kier alpha value is -2.42. The molecule has 0 aliphatic heterocycles. The van der Waals surface area contributed by atoms with Crippen molar-refractivity contribution in [2.45, 2.75) is 20.0 Å². The van der Waals surface area contributed by atoms with Gasteiger partial charge in [0.25, 0.3) is 0 Å². The van der Waals surface area contributed by atoms with Crippen LogP contribution in [0.3, 0.4) is 0 Å². The molecule has 3 nitrogen and oxygen atoms in total. The van der Waals surface area contributed by atoms with E-state index in [1.165, 1.54) is 5.56 Å². The van der Waals surface area contributed by atoms with Crippen LogP contribution >= 0.6 is 0 Å². The molecule has 0 aliphatic carbocycles. The largest absolute Gasteiger partial charge is 0.496 e. The molecule has 2 aromatic carbocycles. The van der Waals surface area contributed by atoms with Crippen LogP contribution in [0.1, 0.15) is 16.7 Å². The van der Waals surface area contributed by atoms with Crippen LogP contribution in [0.2, 0.25) is 0 Å². The van der Waals surface area contributed by atoms with E-state index < -0.39 is 0 Å². The minimum absolute atomic E-state index is 0.457. The number of anilines is 1. The molecular weight excluding hydrogens is 262 g/mol. The molecule has 2 N–H and O–H groups in total. The van der Waals surface area contributed by atoms with Gasteiger partial charge < -0.3 is 15.2 Å². The molecule has 0 aromatic heterocycles. The van der Waals surface area contributed by atoms with E-state index in [2.05, 4.69) is 19.6 Å². The SMILES string of the molecule is C=CCc1cc(N)ccc1OCc1cc(C)ccc1OC. The number of nitrogen functional groups attached to an aromatic ring is 1. The molecule has 0 fully saturated rings. The van der Waals surface area contributed by atoms with E-state index in [1.807, 2.05) is 36.4 Å². The summed E-state index contributed by atoms with van der Waals surface area (Å²) in [6.07, 6.45) is 2.57. The Morgan fingerprint density at radius 2 is 1.86 bits per heavy atom. The number of benzene rings is 2. The van der Waals surface area contributed by atoms with Gasteiger partial charge in [-0.3, -0.25) is 0 Å². The predicted octanol–water partition coefficient (Wildman–Crippen LogP) is 3.89. The normalized spacial score (nSPS) is 10.2. The zero-order valence-corrected chi connectivity index (χ0v) is 12.6. The zero-order chi connectivity index (χ0) is 15.2. The minimum Gasteiger partial charge on any atom is -0.496 e. The van der Waals surface area contributed by atoms with Crippen molar-refractivity contribution in [3.63, 3.8) is 0 Å². The molecule has 3 heteroatoms. The first-order valence-corrected chi connectivity index (χ1v) is 6.89. The molecule has 0 heterocycles. The van der Waals surface area contributed by atoms with E-state index in [1.54, 1.807) is 7.11 Å². The maximum atomic E-state index is 5.94. The van der Waals surface area contributed by atoms with E-state index in [0.717, 1.165) is 34.7 Å². The molecule has 0 saturated carbocycles. The molecule has 110 valence electrons. The van der Waals surface area contributed by atoms with Crippen LogP contribution < -0.4 is 15.2 Å². The smallest absolute Gasteiger partial charge is 0.125 e. The first-order valence-electron chi connectivity index (χ1n) is 6.89. The fourth-order valence-electron chi connectivity index (χ4n) is 2.23. The number of methoxy groups -OCH3 is 1. The molecule has 0 atom stereocenters. The number of aryl methyl sites for hydroxylation is 1. The molecule has 0 unspecified atom stereocenters. The number of rotatable bonds is 6. The highest BCUT2D eigenvalue weighted by atomic mass is 16.5. The molecular formula is C18H21NO2. The van der Waals surface area contributed by atoms with Crippen LogP contribution in [0.25, 0.3) is 0 Å². The third-order valence-electron chi connectivity index (χ3n) is 3.27. The van der Waals surface area contributed by atoms with Crippen molar-refractivity contribution < 1.29 is 9.47 Å². The number of nitrogens with two attached hydrogens (primary N) is 1. The van der Waals surface area contributed by atoms with Crippen LogP contribution in [-0.4, -0.2) is 7.11 Å². The molecule has 2 rings (SSSR count). The summed E-state index contributed by atoms with van der Waals surface area (Å²) in [6.45, 7) is 6.28. The average Bonchev–Trinajstić information content (AvgIpc) is 2.47. The predicted molar refractivity (Wildman–Crippen MR) is 86.8 cm³/mol. The van der Waals surface area contributed by atoms with Crippen molar-refractivity contribution >= 4 is 5.69 Å². The fraction of sp³-hybridized carbons (Fsp3) is 0.222. The third-order valence-corrected chi connectivity index (χ3v) is 3.27. The average molecular weight is 283 g/mol. The second kappa shape index (κ2) is 6.84. The van der Waals surface area contributed by atoms with Gasteiger partial charge in [0.15, 0.2) is 0 Å². The Morgan fingerprint density at radius 3 is 2.57 bits per heavy atom. The van der Waals surface area contributed by atoms with Crippen LogP contribution in [0, 0.1) is 6.92 Å². The van der Waals surface area contributed by atoms with E-state index in [9.17, 15) is 0 Å². The lowest BCUT2D eigenvalue weighted by Crippen LogP contribution is -2.02. The number of allylic oxidation sites excluding steroid dienone is 1. The Balaban J connectivity index is 2.20. The zero-order valence-electron chi connectivity index (χ0n) is 12.6. The Kier molecular flexibility index (Phi) is 4.88. The van der Waals surface area contributed by atoms with Gasteiger partial charge >= 0.3 is 0 Å². The molecule has 21 heavy (non-hydrogen) atoms. The first-order chi connectivity index (χ1) is 10.1. The van der Waals surface area contributed by atoms with Gasteiger partial charge in [-0.25, -0.2) is 0 Å². The standard InChI is InChI=1S/C18H21NO2/c1-4-5-14-11-16(19)7-9-18(14)21-12-15-10-13(2)6-8-17(15)20-3/h4,6-11H,1,5,12,19H2,2-3H3. The van der Waals surface area contributed by atoms with Crippen LogP contribution in [0.4, 0.5) is 5.69 Å². The number of hydrogen-bond donors (Lipinski definition) is 1. The maximum absolute atomic E-state index is 5.94. The van der Waals surface area contributed by atoms with Gasteiger partial charge in [0, 0.05) is 11.3 Å². The van der Waals surface area contributed by atoms with Gasteiger partial charge in [0.05, 0.1) is 7.11 Å². The van der Waals surface area contributed by atoms with Gasteiger partial charge in [-0.15, -0.1) is 6.58 Å². The molecule has 0 aliphatic rings. The van der Waals surface area contributed by atoms with Crippen LogP contribution in [-0.2, 0) is 13.0 Å². The molecule has 0 radical (unpaired) electrons. The van der Waals surface area contributed by atoms with Crippen molar-refractivity contribution in [2.75, 3.05) is 12.8 Å². The third kappa shape index (κ3) is 3.78. The van der Waals surface area contributed by atoms with Crippen LogP contribution in [0.5, 0.6) is 11.5 Å². The maximum Gasteiger partial charge on any atom is 0.125 e. The van der Waals surface area contributed by atoms with E-state index in [0.29, 0.717) is 6.61 Å². The summed E-state index contributed by atoms with van der Waals surface area (Å²) in [4.78, 5) is 0. The lowest BCUT2D eigenvalue weighted by molar-refractivity contribution is 0.294. The first kappa shape index (κ1) is 15.0. The Labute approximate surface area is 126 Å². The molecule has 0 saturated heterocycles. The lowest BCUT2D eigenvalue weighted by Gasteiger charge is -2.14. The summed E-state index contributed by atoms with van der Waals surface area (Å²) in [6, 6.07) is 11.7. The summed E-state index contributed by atoms with van der Waals surface area (Å²) < 4.78 is 11.3. The number of ether oxygens (including phenoxy) is 2. The second-order valence-corrected chi connectivity index (χ2v) is 4.96. The second-order valence-electron chi connectivity index (χ2n) is 4.96. The summed E-state index contributed by atoms with van der Waals surface area (Å²) in [5, 5.41) is 0. The van der Waals surface area contributed by atoms with Crippen molar-refractivity contribution in [3.05, 3.63) is 65.7 Å². The van der Waals surface area contributed by atoms with Crippen molar-refractivity contribution in [1.82, 2.24) is 0 Å². The molecule has 0 amide bonds. The van der Waals surface area contributed by atoms with Gasteiger partial charge in [-0.05, 0) is 49.2 Å². The van der Waals surface area contributed by atoms with Gasteiger partial charge in [0.2, 0.25) is 0 Å². The van der Waals surface area contributed by atoms with E-state index in [-0.39, 0.29) is 0 Å². The Morgan fingerprint density at radius 1 is 1.10 bits per heavy atom. The van der Waals surface area contributed by atoms with Crippen LogP contribution in [0.15, 0.2) is 49.1 Å². The van der Waals surface area contributed by atoms with Crippen molar-refractivity contribution in [3.8, 4) is 11.5 Å². The highest BCUT2D eigenvalue weighted by Gasteiger charge is 2.07. The quantitative estimate of drug-likeness (QED) is 0.646. The molecule has 2 aromatic rings. The summed E-state index contributed by atoms with van der Waals surface area (Å²) in [5.74, 6) is 1.66. The van der Waals surface area contributed by atoms with E-state index >= 15 is 0 Å². The molecule has 0 bridgehead atoms.